The molecule has 1 atom stereocenters. The van der Waals surface area contributed by atoms with Gasteiger partial charge >= 0.3 is 5.97 Å². The summed E-state index contributed by atoms with van der Waals surface area (Å²) in [6.45, 7) is 3.71. The summed E-state index contributed by atoms with van der Waals surface area (Å²) in [5, 5.41) is 2.27. The third-order valence-electron chi connectivity index (χ3n) is 3.01. The van der Waals surface area contributed by atoms with E-state index in [9.17, 15) is 18.4 Å². The van der Waals surface area contributed by atoms with Gasteiger partial charge in [0.1, 0.15) is 11.6 Å². The van der Waals surface area contributed by atoms with Gasteiger partial charge in [0.2, 0.25) is 5.91 Å². The Morgan fingerprint density at radius 1 is 1.29 bits per heavy atom. The molecule has 0 bridgehead atoms. The number of nitrogens with two attached hydrogens (primary N) is 1. The van der Waals surface area contributed by atoms with Crippen LogP contribution in [0.5, 0.6) is 0 Å². The zero-order valence-electron chi connectivity index (χ0n) is 12.1. The third-order valence-corrected chi connectivity index (χ3v) is 3.01. The zero-order valence-corrected chi connectivity index (χ0v) is 12.1. The van der Waals surface area contributed by atoms with Gasteiger partial charge in [-0.3, -0.25) is 4.79 Å². The molecule has 116 valence electrons. The van der Waals surface area contributed by atoms with E-state index in [0.29, 0.717) is 6.07 Å². The lowest BCUT2D eigenvalue weighted by atomic mass is 10.0. The molecule has 0 fully saturated rings. The summed E-state index contributed by atoms with van der Waals surface area (Å²) in [6.07, 6.45) is -0.0119. The van der Waals surface area contributed by atoms with Crippen LogP contribution in [0.2, 0.25) is 0 Å². The van der Waals surface area contributed by atoms with E-state index in [4.69, 9.17) is 5.73 Å². The van der Waals surface area contributed by atoms with Crippen molar-refractivity contribution < 1.29 is 23.1 Å². The van der Waals surface area contributed by atoms with Crippen LogP contribution in [0, 0.1) is 17.6 Å². The third kappa shape index (κ3) is 4.49. The largest absolute Gasteiger partial charge is 0.465 e. The van der Waals surface area contributed by atoms with Gasteiger partial charge in [-0.1, -0.05) is 13.8 Å². The molecular formula is C14H18F2N2O3. The van der Waals surface area contributed by atoms with Gasteiger partial charge in [0, 0.05) is 18.5 Å². The minimum Gasteiger partial charge on any atom is -0.465 e. The molecule has 7 heteroatoms. The average molecular weight is 300 g/mol. The molecule has 1 amide bonds. The predicted molar refractivity (Wildman–Crippen MR) is 73.8 cm³/mol. The van der Waals surface area contributed by atoms with Crippen LogP contribution in [0.15, 0.2) is 12.1 Å². The van der Waals surface area contributed by atoms with E-state index < -0.39 is 29.1 Å². The number of benzene rings is 1. The molecule has 0 aromatic heterocycles. The first kappa shape index (κ1) is 17.0. The number of carbonyl (C=O) groups excluding carboxylic acids is 2. The Balaban J connectivity index is 2.93. The van der Waals surface area contributed by atoms with Crippen LogP contribution in [0.3, 0.4) is 0 Å². The zero-order chi connectivity index (χ0) is 16.2. The molecular weight excluding hydrogens is 282 g/mol. The number of hydrogen-bond donors (Lipinski definition) is 2. The lowest BCUT2D eigenvalue weighted by molar-refractivity contribution is -0.116. The van der Waals surface area contributed by atoms with Crippen LogP contribution < -0.4 is 11.1 Å². The molecule has 5 nitrogen and oxygen atoms in total. The van der Waals surface area contributed by atoms with Gasteiger partial charge in [-0.05, 0) is 12.0 Å². The van der Waals surface area contributed by atoms with Crippen LogP contribution in [-0.4, -0.2) is 25.0 Å². The predicted octanol–water partition coefficient (Wildman–Crippen LogP) is 2.06. The van der Waals surface area contributed by atoms with Gasteiger partial charge in [-0.15, -0.1) is 0 Å². The van der Waals surface area contributed by atoms with E-state index in [1.165, 1.54) is 0 Å². The average Bonchev–Trinajstić information content (AvgIpc) is 2.40. The second-order valence-electron chi connectivity index (χ2n) is 4.96. The fourth-order valence-corrected chi connectivity index (χ4v) is 1.56. The Morgan fingerprint density at radius 2 is 1.90 bits per heavy atom. The maximum Gasteiger partial charge on any atom is 0.340 e. The number of halogens is 2. The van der Waals surface area contributed by atoms with Gasteiger partial charge in [0.25, 0.3) is 0 Å². The summed E-state index contributed by atoms with van der Waals surface area (Å²) in [5.41, 5.74) is 4.99. The van der Waals surface area contributed by atoms with Gasteiger partial charge in [0.05, 0.1) is 18.4 Å². The Hall–Kier alpha value is -2.02. The number of ether oxygens (including phenoxy) is 1. The smallest absolute Gasteiger partial charge is 0.340 e. The molecule has 0 aliphatic carbocycles. The molecule has 1 rings (SSSR count). The van der Waals surface area contributed by atoms with Crippen molar-refractivity contribution in [3.8, 4) is 0 Å². The number of methoxy groups -OCH3 is 1. The molecule has 1 aromatic rings. The van der Waals surface area contributed by atoms with Crippen molar-refractivity contribution in [3.05, 3.63) is 29.3 Å². The molecule has 1 unspecified atom stereocenters. The van der Waals surface area contributed by atoms with Crippen LogP contribution in [-0.2, 0) is 9.53 Å². The highest BCUT2D eigenvalue weighted by Gasteiger charge is 2.19. The Labute approximate surface area is 121 Å². The minimum absolute atomic E-state index is 0.0119. The van der Waals surface area contributed by atoms with Crippen molar-refractivity contribution in [1.82, 2.24) is 0 Å². The normalized spacial score (nSPS) is 12.1. The second kappa shape index (κ2) is 7.12. The second-order valence-corrected chi connectivity index (χ2v) is 4.96. The SMILES string of the molecule is COC(=O)c1cc(NC(=O)CC(N)C(C)C)c(F)cc1F. The van der Waals surface area contributed by atoms with E-state index in [1.807, 2.05) is 13.8 Å². The van der Waals surface area contributed by atoms with Crippen LogP contribution in [0.1, 0.15) is 30.6 Å². The Bertz CT molecular complexity index is 547. The van der Waals surface area contributed by atoms with E-state index in [1.54, 1.807) is 0 Å². The van der Waals surface area contributed by atoms with Crippen molar-refractivity contribution >= 4 is 17.6 Å². The van der Waals surface area contributed by atoms with Crippen molar-refractivity contribution in [1.29, 1.82) is 0 Å². The highest BCUT2D eigenvalue weighted by molar-refractivity contribution is 5.95. The van der Waals surface area contributed by atoms with E-state index in [-0.39, 0.29) is 24.1 Å². The van der Waals surface area contributed by atoms with Crippen molar-refractivity contribution in [2.45, 2.75) is 26.3 Å². The van der Waals surface area contributed by atoms with Crippen LogP contribution in [0.4, 0.5) is 14.5 Å². The number of rotatable bonds is 5. The summed E-state index contributed by atoms with van der Waals surface area (Å²) in [4.78, 5) is 23.1. The quantitative estimate of drug-likeness (QED) is 0.816. The van der Waals surface area contributed by atoms with Gasteiger partial charge < -0.3 is 15.8 Å². The summed E-state index contributed by atoms with van der Waals surface area (Å²) >= 11 is 0. The number of amides is 1. The standard InChI is InChI=1S/C14H18F2N2O3/c1-7(2)11(17)6-13(19)18-12-4-8(14(20)21-3)9(15)5-10(12)16/h4-5,7,11H,6,17H2,1-3H3,(H,18,19). The molecule has 0 saturated heterocycles. The molecule has 0 radical (unpaired) electrons. The topological polar surface area (TPSA) is 81.4 Å². The van der Waals surface area contributed by atoms with Crippen molar-refractivity contribution in [3.63, 3.8) is 0 Å². The van der Waals surface area contributed by atoms with Crippen molar-refractivity contribution in [2.24, 2.45) is 11.7 Å². The number of esters is 1. The first-order chi connectivity index (χ1) is 9.76. The Morgan fingerprint density at radius 3 is 2.43 bits per heavy atom. The van der Waals surface area contributed by atoms with Crippen molar-refractivity contribution in [2.75, 3.05) is 12.4 Å². The number of anilines is 1. The molecule has 3 N–H and O–H groups in total. The summed E-state index contributed by atoms with van der Waals surface area (Å²) in [7, 11) is 1.07. The highest BCUT2D eigenvalue weighted by atomic mass is 19.1. The molecule has 1 aromatic carbocycles. The fourth-order valence-electron chi connectivity index (χ4n) is 1.56. The number of hydrogen-bond acceptors (Lipinski definition) is 4. The van der Waals surface area contributed by atoms with E-state index >= 15 is 0 Å². The van der Waals surface area contributed by atoms with E-state index in [2.05, 4.69) is 10.1 Å². The van der Waals surface area contributed by atoms with E-state index in [0.717, 1.165) is 13.2 Å². The summed E-state index contributed by atoms with van der Waals surface area (Å²) in [5.74, 6) is -3.43. The molecule has 0 aliphatic heterocycles. The maximum atomic E-state index is 13.6. The Kier molecular flexibility index (Phi) is 5.78. The van der Waals surface area contributed by atoms with Crippen LogP contribution >= 0.6 is 0 Å². The van der Waals surface area contributed by atoms with Crippen LogP contribution in [0.25, 0.3) is 0 Å². The molecule has 0 aliphatic rings. The first-order valence-electron chi connectivity index (χ1n) is 6.39. The molecule has 0 heterocycles. The molecule has 0 saturated carbocycles. The van der Waals surface area contributed by atoms with Gasteiger partial charge in [-0.2, -0.15) is 0 Å². The minimum atomic E-state index is -1.06. The number of nitrogens with one attached hydrogen (secondary N) is 1. The lowest BCUT2D eigenvalue weighted by Gasteiger charge is -2.15. The monoisotopic (exact) mass is 300 g/mol. The molecule has 21 heavy (non-hydrogen) atoms. The first-order valence-corrected chi connectivity index (χ1v) is 6.39. The number of carbonyl (C=O) groups is 2. The maximum absolute atomic E-state index is 13.6. The lowest BCUT2D eigenvalue weighted by Crippen LogP contribution is -2.31. The summed E-state index contributed by atoms with van der Waals surface area (Å²) in [6, 6.07) is 1.04. The molecule has 0 spiro atoms. The highest BCUT2D eigenvalue weighted by Crippen LogP contribution is 2.20. The summed E-state index contributed by atoms with van der Waals surface area (Å²) < 4.78 is 31.4. The van der Waals surface area contributed by atoms with Gasteiger partial charge in [0.15, 0.2) is 0 Å². The van der Waals surface area contributed by atoms with Gasteiger partial charge in [-0.25, -0.2) is 13.6 Å². The fraction of sp³-hybridized carbons (Fsp3) is 0.429.